The number of carboxylic acids is 2. The van der Waals surface area contributed by atoms with Crippen molar-refractivity contribution >= 4 is 23.3 Å². The van der Waals surface area contributed by atoms with Gasteiger partial charge in [0, 0.05) is 31.1 Å². The van der Waals surface area contributed by atoms with Crippen molar-refractivity contribution in [2.24, 2.45) is 0 Å². The van der Waals surface area contributed by atoms with Gasteiger partial charge in [-0.25, -0.2) is 14.6 Å². The third kappa shape index (κ3) is 11.4. The Morgan fingerprint density at radius 2 is 1.62 bits per heavy atom. The second-order valence-electron chi connectivity index (χ2n) is 8.22. The Morgan fingerprint density at radius 3 is 2.05 bits per heavy atom. The number of aromatic nitrogens is 4. The van der Waals surface area contributed by atoms with Crippen molar-refractivity contribution in [1.29, 1.82) is 0 Å². The monoisotopic (exact) mass is 562 g/mol. The van der Waals surface area contributed by atoms with Crippen molar-refractivity contribution < 1.29 is 46.1 Å². The van der Waals surface area contributed by atoms with Crippen LogP contribution in [0.4, 0.5) is 26.3 Å². The maximum Gasteiger partial charge on any atom is 0.490 e. The average molecular weight is 563 g/mol. The number of fused-ring (bicyclic) bond motifs is 1. The van der Waals surface area contributed by atoms with E-state index in [0.717, 1.165) is 55.8 Å². The van der Waals surface area contributed by atoms with E-state index in [-0.39, 0.29) is 0 Å². The first-order chi connectivity index (χ1) is 16.9. The van der Waals surface area contributed by atoms with Gasteiger partial charge in [0.2, 0.25) is 0 Å². The molecule has 10 nitrogen and oxygen atoms in total. The third-order valence-electron chi connectivity index (χ3n) is 4.93. The standard InChI is InChI=1S/C16H26N6S.2C2HF3O2/c1-12(2)20(4)9-15-18-19-16-10-21(6-5-7-22(15)16)8-14-11-23-13(3)17-14;2*3-2(4,5)1(6)7/h11-12H,5-10H2,1-4H3;2*(H,6,7). The number of carboxylic acid groups (broad SMARTS) is 2. The molecule has 0 radical (unpaired) electrons. The van der Waals surface area contributed by atoms with Crippen LogP contribution in [0.1, 0.15) is 42.6 Å². The van der Waals surface area contributed by atoms with E-state index in [9.17, 15) is 26.3 Å². The molecule has 0 aliphatic carbocycles. The van der Waals surface area contributed by atoms with E-state index in [1.54, 1.807) is 11.3 Å². The lowest BCUT2D eigenvalue weighted by atomic mass is 10.3. The molecule has 2 aromatic heterocycles. The molecule has 17 heteroatoms. The summed E-state index contributed by atoms with van der Waals surface area (Å²) in [5.41, 5.74) is 1.17. The van der Waals surface area contributed by atoms with Gasteiger partial charge < -0.3 is 14.8 Å². The first-order valence-corrected chi connectivity index (χ1v) is 11.6. The van der Waals surface area contributed by atoms with Crippen LogP contribution < -0.4 is 0 Å². The van der Waals surface area contributed by atoms with Gasteiger partial charge >= 0.3 is 24.3 Å². The zero-order valence-corrected chi connectivity index (χ0v) is 21.3. The summed E-state index contributed by atoms with van der Waals surface area (Å²) in [6.07, 6.45) is -9.04. The van der Waals surface area contributed by atoms with E-state index in [1.165, 1.54) is 5.69 Å². The highest BCUT2D eigenvalue weighted by Gasteiger charge is 2.38. The van der Waals surface area contributed by atoms with Gasteiger partial charge in [0.25, 0.3) is 0 Å². The van der Waals surface area contributed by atoms with Gasteiger partial charge in [0.15, 0.2) is 0 Å². The summed E-state index contributed by atoms with van der Waals surface area (Å²) in [5.74, 6) is -3.34. The minimum absolute atomic E-state index is 0.512. The first-order valence-electron chi connectivity index (χ1n) is 10.8. The predicted octanol–water partition coefficient (Wildman–Crippen LogP) is 3.56. The number of hydrogen-bond acceptors (Lipinski definition) is 8. The van der Waals surface area contributed by atoms with E-state index < -0.39 is 24.3 Å². The summed E-state index contributed by atoms with van der Waals surface area (Å²) in [7, 11) is 2.14. The lowest BCUT2D eigenvalue weighted by Crippen LogP contribution is -2.27. The van der Waals surface area contributed by atoms with Gasteiger partial charge in [-0.2, -0.15) is 26.3 Å². The largest absolute Gasteiger partial charge is 0.490 e. The highest BCUT2D eigenvalue weighted by atomic mass is 32.1. The first kappa shape index (κ1) is 32.2. The lowest BCUT2D eigenvalue weighted by Gasteiger charge is -2.20. The molecule has 0 amide bonds. The van der Waals surface area contributed by atoms with Crippen molar-refractivity contribution in [3.8, 4) is 0 Å². The van der Waals surface area contributed by atoms with E-state index in [1.807, 2.05) is 0 Å². The molecule has 1 aliphatic rings. The molecular formula is C20H28F6N6O4S. The Kier molecular flexibility index (Phi) is 11.9. The summed E-state index contributed by atoms with van der Waals surface area (Å²) >= 11 is 1.72. The Morgan fingerprint density at radius 1 is 1.08 bits per heavy atom. The summed E-state index contributed by atoms with van der Waals surface area (Å²) in [5, 5.41) is 26.4. The fraction of sp³-hybridized carbons (Fsp3) is 0.650. The number of nitrogens with zero attached hydrogens (tertiary/aromatic N) is 6. The summed E-state index contributed by atoms with van der Waals surface area (Å²) in [6.45, 7) is 11.2. The molecule has 37 heavy (non-hydrogen) atoms. The molecule has 0 aromatic carbocycles. The van der Waals surface area contributed by atoms with Crippen LogP contribution in [-0.2, 0) is 35.8 Å². The van der Waals surface area contributed by atoms with E-state index in [2.05, 4.69) is 62.7 Å². The number of rotatable bonds is 5. The minimum atomic E-state index is -5.08. The smallest absolute Gasteiger partial charge is 0.475 e. The fourth-order valence-corrected chi connectivity index (χ4v) is 3.45. The number of halogens is 6. The number of thiazole rings is 1. The highest BCUT2D eigenvalue weighted by molar-refractivity contribution is 7.09. The molecule has 3 heterocycles. The predicted molar refractivity (Wildman–Crippen MR) is 120 cm³/mol. The van der Waals surface area contributed by atoms with Crippen molar-refractivity contribution in [3.05, 3.63) is 27.7 Å². The lowest BCUT2D eigenvalue weighted by molar-refractivity contribution is -0.193. The molecule has 0 unspecified atom stereocenters. The maximum atomic E-state index is 10.6. The van der Waals surface area contributed by atoms with Crippen LogP contribution in [0.2, 0.25) is 0 Å². The summed E-state index contributed by atoms with van der Waals surface area (Å²) in [6, 6.07) is 0.512. The average Bonchev–Trinajstić information content (AvgIpc) is 3.26. The second-order valence-corrected chi connectivity index (χ2v) is 9.28. The van der Waals surface area contributed by atoms with Crippen LogP contribution in [0, 0.1) is 6.92 Å². The molecule has 0 fully saturated rings. The maximum absolute atomic E-state index is 10.6. The van der Waals surface area contributed by atoms with Gasteiger partial charge in [0.1, 0.15) is 11.6 Å². The van der Waals surface area contributed by atoms with Gasteiger partial charge in [-0.3, -0.25) is 9.80 Å². The Hall–Kier alpha value is -2.79. The highest BCUT2D eigenvalue weighted by Crippen LogP contribution is 2.18. The van der Waals surface area contributed by atoms with E-state index >= 15 is 0 Å². The number of hydrogen-bond donors (Lipinski definition) is 2. The van der Waals surface area contributed by atoms with Crippen molar-refractivity contribution in [2.75, 3.05) is 13.6 Å². The molecule has 210 valence electrons. The quantitative estimate of drug-likeness (QED) is 0.527. The Balaban J connectivity index is 0.000000404. The van der Waals surface area contributed by atoms with Crippen molar-refractivity contribution in [3.63, 3.8) is 0 Å². The second kappa shape index (κ2) is 13.7. The molecule has 0 spiro atoms. The number of aryl methyl sites for hydroxylation is 1. The third-order valence-corrected chi connectivity index (χ3v) is 5.76. The minimum Gasteiger partial charge on any atom is -0.475 e. The zero-order chi connectivity index (χ0) is 28.6. The van der Waals surface area contributed by atoms with E-state index in [4.69, 9.17) is 19.8 Å². The number of alkyl halides is 6. The van der Waals surface area contributed by atoms with Gasteiger partial charge in [-0.1, -0.05) is 0 Å². The van der Waals surface area contributed by atoms with Crippen LogP contribution in [0.5, 0.6) is 0 Å². The molecule has 0 saturated carbocycles. The molecule has 1 aliphatic heterocycles. The van der Waals surface area contributed by atoms with Gasteiger partial charge in [0.05, 0.1) is 23.8 Å². The van der Waals surface area contributed by atoms with Gasteiger partial charge in [-0.15, -0.1) is 21.5 Å². The fourth-order valence-electron chi connectivity index (χ4n) is 2.85. The molecule has 0 bridgehead atoms. The zero-order valence-electron chi connectivity index (χ0n) is 20.5. The molecule has 0 saturated heterocycles. The van der Waals surface area contributed by atoms with Crippen molar-refractivity contribution in [2.45, 2.75) is 71.8 Å². The summed E-state index contributed by atoms with van der Waals surface area (Å²) < 4.78 is 65.8. The van der Waals surface area contributed by atoms with Gasteiger partial charge in [-0.05, 0) is 34.2 Å². The Labute approximate surface area is 212 Å². The summed E-state index contributed by atoms with van der Waals surface area (Å²) in [4.78, 5) is 27.1. The molecule has 3 rings (SSSR count). The topological polar surface area (TPSA) is 125 Å². The van der Waals surface area contributed by atoms with Crippen LogP contribution in [0.25, 0.3) is 0 Å². The molecule has 2 aromatic rings. The van der Waals surface area contributed by atoms with Crippen LogP contribution in [0.3, 0.4) is 0 Å². The molecular weight excluding hydrogens is 534 g/mol. The molecule has 2 N–H and O–H groups in total. The van der Waals surface area contributed by atoms with E-state index in [0.29, 0.717) is 6.04 Å². The Bertz CT molecular complexity index is 1000. The SMILES string of the molecule is Cc1nc(CN2CCCn3c(nnc3CN(C)C(C)C)C2)cs1.O=C(O)C(F)(F)F.O=C(O)C(F)(F)F. The molecule has 0 atom stereocenters. The van der Waals surface area contributed by atoms with Crippen LogP contribution in [-0.4, -0.2) is 83.7 Å². The van der Waals surface area contributed by atoms with Crippen molar-refractivity contribution in [1.82, 2.24) is 29.5 Å². The normalized spacial score (nSPS) is 14.3. The van der Waals surface area contributed by atoms with Crippen LogP contribution in [0.15, 0.2) is 5.38 Å². The number of carbonyl (C=O) groups is 2. The number of aliphatic carboxylic acids is 2. The van der Waals surface area contributed by atoms with Crippen LogP contribution >= 0.6 is 11.3 Å².